The summed E-state index contributed by atoms with van der Waals surface area (Å²) in [6.07, 6.45) is 0.443. The maximum absolute atomic E-state index is 12.2. The molecule has 106 valence electrons. The van der Waals surface area contributed by atoms with Gasteiger partial charge in [0.15, 0.2) is 9.84 Å². The van der Waals surface area contributed by atoms with Crippen LogP contribution in [-0.2, 0) is 9.84 Å². The van der Waals surface area contributed by atoms with E-state index in [2.05, 4.69) is 17.2 Å². The van der Waals surface area contributed by atoms with Crippen molar-refractivity contribution in [2.24, 2.45) is 0 Å². The maximum atomic E-state index is 12.2. The molecule has 1 aliphatic rings. The van der Waals surface area contributed by atoms with Crippen LogP contribution in [0.1, 0.15) is 22.3 Å². The molecule has 1 fully saturated rings. The number of amides is 1. The number of hydrogen-bond acceptors (Lipinski definition) is 4. The average Bonchev–Trinajstić information content (AvgIpc) is 2.76. The summed E-state index contributed by atoms with van der Waals surface area (Å²) in [6.45, 7) is -0.281. The largest absolute Gasteiger partial charge is 0.384 e. The molecule has 6 heteroatoms. The van der Waals surface area contributed by atoms with Crippen LogP contribution >= 0.6 is 0 Å². The third-order valence-electron chi connectivity index (χ3n) is 3.04. The average molecular weight is 293 g/mol. The number of sulfone groups is 1. The van der Waals surface area contributed by atoms with Gasteiger partial charge < -0.3 is 10.4 Å². The Labute approximate surface area is 117 Å². The molecule has 1 heterocycles. The van der Waals surface area contributed by atoms with Crippen LogP contribution in [0.25, 0.3) is 0 Å². The predicted molar refractivity (Wildman–Crippen MR) is 74.9 cm³/mol. The normalized spacial score (nSPS) is 19.9. The van der Waals surface area contributed by atoms with Crippen molar-refractivity contribution in [3.8, 4) is 11.8 Å². The molecule has 2 N–H and O–H groups in total. The van der Waals surface area contributed by atoms with Crippen molar-refractivity contribution in [2.45, 2.75) is 12.5 Å². The lowest BCUT2D eigenvalue weighted by Gasteiger charge is -2.11. The van der Waals surface area contributed by atoms with Crippen LogP contribution in [0.5, 0.6) is 0 Å². The maximum Gasteiger partial charge on any atom is 0.252 e. The fourth-order valence-electron chi connectivity index (χ4n) is 2.10. The number of carbonyl (C=O) groups is 1. The molecule has 1 amide bonds. The van der Waals surface area contributed by atoms with Gasteiger partial charge in [0.05, 0.1) is 17.1 Å². The molecule has 0 spiro atoms. The first-order valence-corrected chi connectivity index (χ1v) is 8.04. The van der Waals surface area contributed by atoms with Gasteiger partial charge >= 0.3 is 0 Å². The van der Waals surface area contributed by atoms with Gasteiger partial charge in [-0.25, -0.2) is 8.42 Å². The summed E-state index contributed by atoms with van der Waals surface area (Å²) < 4.78 is 22.7. The van der Waals surface area contributed by atoms with Crippen LogP contribution in [0.2, 0.25) is 0 Å². The van der Waals surface area contributed by atoms with Gasteiger partial charge in [0.25, 0.3) is 5.91 Å². The lowest BCUT2D eigenvalue weighted by Crippen LogP contribution is -2.35. The molecule has 20 heavy (non-hydrogen) atoms. The Morgan fingerprint density at radius 1 is 1.40 bits per heavy atom. The van der Waals surface area contributed by atoms with Crippen molar-refractivity contribution in [1.29, 1.82) is 0 Å². The van der Waals surface area contributed by atoms with E-state index in [0.717, 1.165) is 0 Å². The molecule has 0 radical (unpaired) electrons. The van der Waals surface area contributed by atoms with Gasteiger partial charge in [-0.05, 0) is 18.6 Å². The number of aliphatic hydroxyl groups is 1. The van der Waals surface area contributed by atoms with E-state index in [-0.39, 0.29) is 30.1 Å². The summed E-state index contributed by atoms with van der Waals surface area (Å²) in [6, 6.07) is 6.43. The van der Waals surface area contributed by atoms with Crippen LogP contribution in [0.3, 0.4) is 0 Å². The molecule has 0 bridgehead atoms. The molecule has 0 aliphatic carbocycles. The van der Waals surface area contributed by atoms with E-state index in [1.165, 1.54) is 0 Å². The number of benzene rings is 1. The summed E-state index contributed by atoms with van der Waals surface area (Å²) in [7, 11) is -3.02. The Kier molecular flexibility index (Phi) is 4.42. The third kappa shape index (κ3) is 3.59. The first-order valence-electron chi connectivity index (χ1n) is 6.22. The number of nitrogens with one attached hydrogen (secondary N) is 1. The molecule has 1 aromatic rings. The van der Waals surface area contributed by atoms with Gasteiger partial charge in [-0.1, -0.05) is 24.0 Å². The molecule has 1 aliphatic heterocycles. The Morgan fingerprint density at radius 3 is 2.80 bits per heavy atom. The minimum Gasteiger partial charge on any atom is -0.384 e. The molecule has 1 atom stereocenters. The SMILES string of the molecule is O=C(NC1CCS(=O)(=O)C1)c1ccccc1C#CCO. The highest BCUT2D eigenvalue weighted by Crippen LogP contribution is 2.13. The highest BCUT2D eigenvalue weighted by molar-refractivity contribution is 7.91. The van der Waals surface area contributed by atoms with Crippen molar-refractivity contribution in [2.75, 3.05) is 18.1 Å². The second kappa shape index (κ2) is 6.07. The Morgan fingerprint density at radius 2 is 2.15 bits per heavy atom. The summed E-state index contributed by atoms with van der Waals surface area (Å²) in [5, 5.41) is 11.4. The second-order valence-corrected chi connectivity index (χ2v) is 6.81. The van der Waals surface area contributed by atoms with Crippen molar-refractivity contribution in [1.82, 2.24) is 5.32 Å². The molecule has 0 aromatic heterocycles. The number of hydrogen-bond donors (Lipinski definition) is 2. The van der Waals surface area contributed by atoms with E-state index in [9.17, 15) is 13.2 Å². The Balaban J connectivity index is 2.14. The standard InChI is InChI=1S/C14H15NO4S/c16-8-3-5-11-4-1-2-6-13(11)14(17)15-12-7-9-20(18,19)10-12/h1-2,4,6,12,16H,7-10H2,(H,15,17). The van der Waals surface area contributed by atoms with Crippen LogP contribution in [0.15, 0.2) is 24.3 Å². The first kappa shape index (κ1) is 14.6. The van der Waals surface area contributed by atoms with Crippen molar-refractivity contribution in [3.05, 3.63) is 35.4 Å². The van der Waals surface area contributed by atoms with Gasteiger partial charge in [0, 0.05) is 11.6 Å². The Hall–Kier alpha value is -1.84. The molecule has 1 unspecified atom stereocenters. The van der Waals surface area contributed by atoms with E-state index in [0.29, 0.717) is 17.5 Å². The van der Waals surface area contributed by atoms with Gasteiger partial charge in [0.2, 0.25) is 0 Å². The van der Waals surface area contributed by atoms with Crippen molar-refractivity contribution < 1.29 is 18.3 Å². The summed E-state index contributed by atoms with van der Waals surface area (Å²) in [4.78, 5) is 12.2. The van der Waals surface area contributed by atoms with Crippen LogP contribution in [0, 0.1) is 11.8 Å². The smallest absolute Gasteiger partial charge is 0.252 e. The summed E-state index contributed by atoms with van der Waals surface area (Å²) in [5.74, 6) is 4.97. The minimum atomic E-state index is -3.02. The first-order chi connectivity index (χ1) is 9.52. The highest BCUT2D eigenvalue weighted by atomic mass is 32.2. The van der Waals surface area contributed by atoms with Crippen LogP contribution in [-0.4, -0.2) is 43.6 Å². The summed E-state index contributed by atoms with van der Waals surface area (Å²) in [5.41, 5.74) is 0.901. The second-order valence-electron chi connectivity index (χ2n) is 4.58. The fourth-order valence-corrected chi connectivity index (χ4v) is 3.77. The number of carbonyl (C=O) groups excluding carboxylic acids is 1. The van der Waals surface area contributed by atoms with E-state index in [1.807, 2.05) is 0 Å². The third-order valence-corrected chi connectivity index (χ3v) is 4.81. The molecule has 1 aromatic carbocycles. The fraction of sp³-hybridized carbons (Fsp3) is 0.357. The zero-order valence-electron chi connectivity index (χ0n) is 10.8. The molecular weight excluding hydrogens is 278 g/mol. The topological polar surface area (TPSA) is 83.5 Å². The van der Waals surface area contributed by atoms with Gasteiger partial charge in [-0.15, -0.1) is 0 Å². The summed E-state index contributed by atoms with van der Waals surface area (Å²) >= 11 is 0. The lowest BCUT2D eigenvalue weighted by molar-refractivity contribution is 0.0941. The minimum absolute atomic E-state index is 0.0107. The van der Waals surface area contributed by atoms with Crippen molar-refractivity contribution >= 4 is 15.7 Å². The van der Waals surface area contributed by atoms with Gasteiger partial charge in [-0.3, -0.25) is 4.79 Å². The van der Waals surface area contributed by atoms with Crippen molar-refractivity contribution in [3.63, 3.8) is 0 Å². The molecule has 1 saturated heterocycles. The van der Waals surface area contributed by atoms with Gasteiger partial charge in [-0.2, -0.15) is 0 Å². The molecule has 0 saturated carbocycles. The number of rotatable bonds is 2. The highest BCUT2D eigenvalue weighted by Gasteiger charge is 2.29. The zero-order valence-corrected chi connectivity index (χ0v) is 11.6. The number of aliphatic hydroxyl groups excluding tert-OH is 1. The van der Waals surface area contributed by atoms with E-state index >= 15 is 0 Å². The monoisotopic (exact) mass is 293 g/mol. The molecular formula is C14H15NO4S. The Bertz CT molecular complexity index is 670. The quantitative estimate of drug-likeness (QED) is 0.749. The molecule has 5 nitrogen and oxygen atoms in total. The van der Waals surface area contributed by atoms with Gasteiger partial charge in [0.1, 0.15) is 6.61 Å². The van der Waals surface area contributed by atoms with Crippen LogP contribution in [0.4, 0.5) is 0 Å². The lowest BCUT2D eigenvalue weighted by atomic mass is 10.1. The van der Waals surface area contributed by atoms with E-state index < -0.39 is 9.84 Å². The van der Waals surface area contributed by atoms with E-state index in [1.54, 1.807) is 24.3 Å². The zero-order chi connectivity index (χ0) is 14.6. The van der Waals surface area contributed by atoms with Crippen LogP contribution < -0.4 is 5.32 Å². The van der Waals surface area contributed by atoms with E-state index in [4.69, 9.17) is 5.11 Å². The molecule has 2 rings (SSSR count). The predicted octanol–water partition coefficient (Wildman–Crippen LogP) is -0.0527.